The molecular weight excluding hydrogens is 318 g/mol. The van der Waals surface area contributed by atoms with E-state index in [9.17, 15) is 24.6 Å². The zero-order valence-electron chi connectivity index (χ0n) is 12.9. The first-order valence-corrected chi connectivity index (χ1v) is 7.25. The summed E-state index contributed by atoms with van der Waals surface area (Å²) in [4.78, 5) is 37.0. The molecule has 1 aromatic heterocycles. The van der Waals surface area contributed by atoms with Gasteiger partial charge in [-0.25, -0.2) is 4.79 Å². The van der Waals surface area contributed by atoms with Crippen molar-refractivity contribution in [1.82, 2.24) is 4.98 Å². The van der Waals surface area contributed by atoms with E-state index >= 15 is 0 Å². The maximum absolute atomic E-state index is 12.0. The number of aromatic nitrogens is 1. The number of pyridine rings is 1. The minimum atomic E-state index is -1.37. The van der Waals surface area contributed by atoms with Crippen LogP contribution in [0.2, 0.25) is 0 Å². The number of aromatic amines is 1. The molecule has 0 bridgehead atoms. The number of aromatic carboxylic acids is 1. The van der Waals surface area contributed by atoms with Crippen LogP contribution >= 0.6 is 0 Å². The molecule has 2 aromatic rings. The van der Waals surface area contributed by atoms with Gasteiger partial charge in [0.2, 0.25) is 5.43 Å². The van der Waals surface area contributed by atoms with E-state index in [2.05, 4.69) is 4.98 Å². The Morgan fingerprint density at radius 2 is 2.00 bits per heavy atom. The summed E-state index contributed by atoms with van der Waals surface area (Å²) < 4.78 is 4.71. The molecular formula is C16H17NO7. The summed E-state index contributed by atoms with van der Waals surface area (Å²) in [7, 11) is 0. The van der Waals surface area contributed by atoms with E-state index in [0.717, 1.165) is 6.20 Å². The van der Waals surface area contributed by atoms with Crippen LogP contribution in [0.15, 0.2) is 29.2 Å². The first-order chi connectivity index (χ1) is 11.3. The van der Waals surface area contributed by atoms with E-state index < -0.39 is 35.1 Å². The van der Waals surface area contributed by atoms with Crippen LogP contribution in [0.5, 0.6) is 0 Å². The van der Waals surface area contributed by atoms with Crippen molar-refractivity contribution in [3.05, 3.63) is 45.7 Å². The fourth-order valence-electron chi connectivity index (χ4n) is 2.31. The Labute approximate surface area is 136 Å². The molecule has 0 radical (unpaired) electrons. The van der Waals surface area contributed by atoms with Crippen molar-refractivity contribution in [2.24, 2.45) is 0 Å². The number of fused-ring (bicyclic) bond motifs is 1. The number of H-pyrrole nitrogens is 1. The van der Waals surface area contributed by atoms with Gasteiger partial charge in [-0.3, -0.25) is 9.59 Å². The third-order valence-electron chi connectivity index (χ3n) is 3.52. The maximum atomic E-state index is 12.0. The Kier molecular flexibility index (Phi) is 5.32. The molecule has 128 valence electrons. The molecule has 0 aliphatic rings. The van der Waals surface area contributed by atoms with E-state index in [1.165, 1.54) is 18.2 Å². The summed E-state index contributed by atoms with van der Waals surface area (Å²) in [5.41, 5.74) is -0.453. The molecule has 0 saturated heterocycles. The second-order valence-corrected chi connectivity index (χ2v) is 5.16. The van der Waals surface area contributed by atoms with Crippen LogP contribution in [0.25, 0.3) is 10.9 Å². The van der Waals surface area contributed by atoms with E-state index in [4.69, 9.17) is 9.84 Å². The van der Waals surface area contributed by atoms with E-state index in [1.807, 2.05) is 0 Å². The molecule has 2 unspecified atom stereocenters. The van der Waals surface area contributed by atoms with Crippen LogP contribution in [-0.2, 0) is 9.53 Å². The number of carboxylic acid groups (broad SMARTS) is 1. The number of aliphatic hydroxyl groups excluding tert-OH is 2. The van der Waals surface area contributed by atoms with Gasteiger partial charge in [0.1, 0.15) is 11.7 Å². The molecule has 0 aliphatic heterocycles. The largest absolute Gasteiger partial charge is 0.477 e. The van der Waals surface area contributed by atoms with Gasteiger partial charge in [0.25, 0.3) is 0 Å². The molecule has 2 atom stereocenters. The molecule has 0 saturated carbocycles. The minimum absolute atomic E-state index is 0.144. The van der Waals surface area contributed by atoms with Gasteiger partial charge in [-0.05, 0) is 24.6 Å². The molecule has 0 spiro atoms. The van der Waals surface area contributed by atoms with Crippen molar-refractivity contribution >= 4 is 22.8 Å². The zero-order valence-corrected chi connectivity index (χ0v) is 12.9. The van der Waals surface area contributed by atoms with Crippen LogP contribution in [0.3, 0.4) is 0 Å². The van der Waals surface area contributed by atoms with Crippen molar-refractivity contribution < 1.29 is 29.6 Å². The third-order valence-corrected chi connectivity index (χ3v) is 3.52. The highest BCUT2D eigenvalue weighted by Crippen LogP contribution is 2.22. The van der Waals surface area contributed by atoms with Gasteiger partial charge in [-0.1, -0.05) is 6.07 Å². The molecule has 8 nitrogen and oxygen atoms in total. The second-order valence-electron chi connectivity index (χ2n) is 5.16. The average Bonchev–Trinajstić information content (AvgIpc) is 2.53. The molecule has 2 rings (SSSR count). The molecule has 0 aliphatic carbocycles. The van der Waals surface area contributed by atoms with E-state index in [0.29, 0.717) is 5.52 Å². The summed E-state index contributed by atoms with van der Waals surface area (Å²) in [6.45, 7) is 1.80. The van der Waals surface area contributed by atoms with Crippen LogP contribution in [-0.4, -0.2) is 45.0 Å². The van der Waals surface area contributed by atoms with E-state index in [1.54, 1.807) is 6.92 Å². The molecule has 0 amide bonds. The number of carbonyl (C=O) groups excluding carboxylic acids is 1. The molecule has 1 heterocycles. The van der Waals surface area contributed by atoms with Crippen molar-refractivity contribution in [3.8, 4) is 0 Å². The predicted octanol–water partition coefficient (Wildman–Crippen LogP) is 0.574. The number of esters is 1. The van der Waals surface area contributed by atoms with Gasteiger partial charge in [-0.2, -0.15) is 0 Å². The van der Waals surface area contributed by atoms with Crippen molar-refractivity contribution in [1.29, 1.82) is 0 Å². The highest BCUT2D eigenvalue weighted by atomic mass is 16.5. The van der Waals surface area contributed by atoms with Crippen LogP contribution < -0.4 is 5.43 Å². The van der Waals surface area contributed by atoms with Crippen molar-refractivity contribution in [3.63, 3.8) is 0 Å². The number of aliphatic hydroxyl groups is 2. The van der Waals surface area contributed by atoms with Gasteiger partial charge in [0.05, 0.1) is 19.1 Å². The minimum Gasteiger partial charge on any atom is -0.477 e. The molecule has 24 heavy (non-hydrogen) atoms. The quantitative estimate of drug-likeness (QED) is 0.566. The Morgan fingerprint density at radius 1 is 1.29 bits per heavy atom. The fourth-order valence-corrected chi connectivity index (χ4v) is 2.31. The average molecular weight is 335 g/mol. The lowest BCUT2D eigenvalue weighted by Crippen LogP contribution is -2.23. The van der Waals surface area contributed by atoms with Crippen molar-refractivity contribution in [2.75, 3.05) is 6.61 Å². The van der Waals surface area contributed by atoms with Gasteiger partial charge in [-0.15, -0.1) is 0 Å². The number of rotatable bonds is 6. The normalized spacial score (nSPS) is 13.5. The topological polar surface area (TPSA) is 137 Å². The first kappa shape index (κ1) is 17.6. The van der Waals surface area contributed by atoms with Gasteiger partial charge < -0.3 is 25.0 Å². The third kappa shape index (κ3) is 3.61. The van der Waals surface area contributed by atoms with Gasteiger partial charge in [0, 0.05) is 17.1 Å². The summed E-state index contributed by atoms with van der Waals surface area (Å²) in [5.74, 6) is -1.98. The smallest absolute Gasteiger partial charge is 0.341 e. The fraction of sp³-hybridized carbons (Fsp3) is 0.312. The lowest BCUT2D eigenvalue weighted by atomic mass is 10.00. The van der Waals surface area contributed by atoms with Crippen molar-refractivity contribution in [2.45, 2.75) is 25.6 Å². The highest BCUT2D eigenvalue weighted by Gasteiger charge is 2.23. The Bertz CT molecular complexity index is 827. The highest BCUT2D eigenvalue weighted by molar-refractivity contribution is 5.92. The Balaban J connectivity index is 2.30. The monoisotopic (exact) mass is 335 g/mol. The van der Waals surface area contributed by atoms with Crippen LogP contribution in [0.4, 0.5) is 0 Å². The zero-order chi connectivity index (χ0) is 17.9. The molecule has 8 heteroatoms. The summed E-state index contributed by atoms with van der Waals surface area (Å²) in [6.07, 6.45) is -2.03. The van der Waals surface area contributed by atoms with Crippen LogP contribution in [0.1, 0.15) is 35.4 Å². The number of benzene rings is 1. The van der Waals surface area contributed by atoms with Gasteiger partial charge in [0.15, 0.2) is 0 Å². The lowest BCUT2D eigenvalue weighted by molar-refractivity contribution is -0.147. The summed E-state index contributed by atoms with van der Waals surface area (Å²) >= 11 is 0. The number of hydrogen-bond donors (Lipinski definition) is 4. The standard InChI is InChI=1S/C16H17NO7/c1-2-24-13(19)6-12(18)14(20)8-3-4-9-11(5-8)17-7-10(15(9)21)16(22)23/h3-5,7,12,14,18,20H,2,6H2,1H3,(H,17,21)(H,22,23). The number of ether oxygens (including phenoxy) is 1. The number of nitrogens with one attached hydrogen (secondary N) is 1. The number of carboxylic acids is 1. The summed E-state index contributed by atoms with van der Waals surface area (Å²) in [6, 6.07) is 4.17. The number of hydrogen-bond acceptors (Lipinski definition) is 6. The first-order valence-electron chi connectivity index (χ1n) is 7.25. The lowest BCUT2D eigenvalue weighted by Gasteiger charge is -2.17. The Morgan fingerprint density at radius 3 is 2.62 bits per heavy atom. The summed E-state index contributed by atoms with van der Waals surface area (Å²) in [5, 5.41) is 29.1. The Hall–Kier alpha value is -2.71. The molecule has 0 fully saturated rings. The molecule has 1 aromatic carbocycles. The second kappa shape index (κ2) is 7.24. The van der Waals surface area contributed by atoms with Crippen LogP contribution in [0, 0.1) is 0 Å². The SMILES string of the molecule is CCOC(=O)CC(O)C(O)c1ccc2c(=O)c(C(=O)O)c[nH]c2c1. The number of carbonyl (C=O) groups is 2. The predicted molar refractivity (Wildman–Crippen MR) is 83.7 cm³/mol. The molecule has 4 N–H and O–H groups in total. The van der Waals surface area contributed by atoms with Gasteiger partial charge >= 0.3 is 11.9 Å². The maximum Gasteiger partial charge on any atom is 0.341 e. The van der Waals surface area contributed by atoms with E-state index in [-0.39, 0.29) is 24.0 Å².